The average molecular weight is 273 g/mol. The van der Waals surface area contributed by atoms with Crippen molar-refractivity contribution in [3.8, 4) is 0 Å². The van der Waals surface area contributed by atoms with Gasteiger partial charge in [-0.2, -0.15) is 0 Å². The van der Waals surface area contributed by atoms with Crippen LogP contribution in [0.25, 0.3) is 0 Å². The molecule has 0 aromatic carbocycles. The van der Waals surface area contributed by atoms with Gasteiger partial charge in [-0.3, -0.25) is 9.78 Å². The summed E-state index contributed by atoms with van der Waals surface area (Å²) in [5.41, 5.74) is 0.748. The summed E-state index contributed by atoms with van der Waals surface area (Å²) in [5.74, 6) is -0.0570. The van der Waals surface area contributed by atoms with Gasteiger partial charge < -0.3 is 10.2 Å². The van der Waals surface area contributed by atoms with Crippen LogP contribution in [0, 0.1) is 12.7 Å². The highest BCUT2D eigenvalue weighted by Gasteiger charge is 2.21. The lowest BCUT2D eigenvalue weighted by atomic mass is 10.0. The summed E-state index contributed by atoms with van der Waals surface area (Å²) in [4.78, 5) is 14.5. The van der Waals surface area contributed by atoms with Gasteiger partial charge in [-0.25, -0.2) is 4.39 Å². The van der Waals surface area contributed by atoms with Crippen molar-refractivity contribution in [2.75, 3.05) is 5.75 Å². The molecule has 2 unspecified atom stereocenters. The number of halogens is 1. The Bertz CT molecular complexity index is 428. The summed E-state index contributed by atoms with van der Waals surface area (Å²) < 4.78 is 12.9. The molecule has 1 rings (SSSR count). The van der Waals surface area contributed by atoms with E-state index in [9.17, 15) is 19.4 Å². The number of carbonyl (C=O) groups is 1. The highest BCUT2D eigenvalue weighted by atomic mass is 32.2. The first-order valence-corrected chi connectivity index (χ1v) is 6.52. The van der Waals surface area contributed by atoms with E-state index >= 15 is 0 Å². The van der Waals surface area contributed by atoms with Crippen LogP contribution >= 0.6 is 11.8 Å². The monoisotopic (exact) mass is 273 g/mol. The number of carbonyl (C=O) groups excluding carboxylic acids is 1. The van der Waals surface area contributed by atoms with Crippen LogP contribution in [0.15, 0.2) is 12.3 Å². The average Bonchev–Trinajstić information content (AvgIpc) is 2.27. The van der Waals surface area contributed by atoms with Crippen LogP contribution in [-0.4, -0.2) is 32.2 Å². The lowest BCUT2D eigenvalue weighted by Crippen LogP contribution is -2.21. The molecule has 0 aliphatic rings. The predicted octanol–water partition coefficient (Wildman–Crippen LogP) is 1.59. The fraction of sp³-hybridized carbons (Fsp3) is 0.500. The maximum Gasteiger partial charge on any atom is 0.185 e. The standard InChI is InChI=1S/C12H16FNO3S/c1-7-5-9(13)6-14-11(7)12(17)10(16)3-4-18-8(2)15/h5-6,10,12,16-17H,3-4H2,1-2H3. The van der Waals surface area contributed by atoms with Crippen molar-refractivity contribution in [2.45, 2.75) is 32.5 Å². The Labute approximate surface area is 109 Å². The highest BCUT2D eigenvalue weighted by molar-refractivity contribution is 8.13. The highest BCUT2D eigenvalue weighted by Crippen LogP contribution is 2.22. The van der Waals surface area contributed by atoms with Gasteiger partial charge in [0.2, 0.25) is 0 Å². The molecule has 2 atom stereocenters. The van der Waals surface area contributed by atoms with Crippen molar-refractivity contribution < 1.29 is 19.4 Å². The van der Waals surface area contributed by atoms with Gasteiger partial charge in [0.25, 0.3) is 0 Å². The van der Waals surface area contributed by atoms with Crippen molar-refractivity contribution >= 4 is 16.9 Å². The van der Waals surface area contributed by atoms with E-state index in [0.717, 1.165) is 18.0 Å². The minimum atomic E-state index is -1.17. The second-order valence-corrected chi connectivity index (χ2v) is 5.27. The first-order chi connectivity index (χ1) is 8.41. The number of rotatable bonds is 5. The summed E-state index contributed by atoms with van der Waals surface area (Å²) in [7, 11) is 0. The summed E-state index contributed by atoms with van der Waals surface area (Å²) in [5, 5.41) is 19.6. The van der Waals surface area contributed by atoms with Gasteiger partial charge in [0.15, 0.2) is 5.12 Å². The molecule has 0 bridgehead atoms. The van der Waals surface area contributed by atoms with Crippen LogP contribution in [0.4, 0.5) is 4.39 Å². The molecule has 0 saturated carbocycles. The van der Waals surface area contributed by atoms with E-state index in [1.54, 1.807) is 6.92 Å². The van der Waals surface area contributed by atoms with E-state index in [2.05, 4.69) is 4.98 Å². The number of pyridine rings is 1. The smallest absolute Gasteiger partial charge is 0.185 e. The number of hydrogen-bond donors (Lipinski definition) is 2. The molecule has 0 saturated heterocycles. The molecular weight excluding hydrogens is 257 g/mol. The van der Waals surface area contributed by atoms with Gasteiger partial charge in [-0.05, 0) is 25.0 Å². The minimum absolute atomic E-state index is 0.0345. The number of thioether (sulfide) groups is 1. The Kier molecular flexibility index (Phi) is 5.71. The summed E-state index contributed by atoms with van der Waals surface area (Å²) in [6, 6.07) is 1.25. The SMILES string of the molecule is CC(=O)SCCC(O)C(O)c1ncc(F)cc1C. The Hall–Kier alpha value is -0.980. The molecule has 0 spiro atoms. The lowest BCUT2D eigenvalue weighted by Gasteiger charge is -2.18. The molecule has 0 aliphatic carbocycles. The number of aromatic nitrogens is 1. The van der Waals surface area contributed by atoms with Crippen molar-refractivity contribution in [3.63, 3.8) is 0 Å². The molecule has 0 aliphatic heterocycles. The number of nitrogens with zero attached hydrogens (tertiary/aromatic N) is 1. The zero-order valence-electron chi connectivity index (χ0n) is 10.3. The van der Waals surface area contributed by atoms with Gasteiger partial charge in [0, 0.05) is 12.7 Å². The molecule has 0 fully saturated rings. The quantitative estimate of drug-likeness (QED) is 0.852. The third-order valence-corrected chi connectivity index (χ3v) is 3.30. The van der Waals surface area contributed by atoms with E-state index in [0.29, 0.717) is 11.3 Å². The third-order valence-electron chi connectivity index (χ3n) is 2.45. The van der Waals surface area contributed by atoms with Crippen LogP contribution < -0.4 is 0 Å². The number of aliphatic hydroxyl groups excluding tert-OH is 2. The molecule has 1 aromatic heterocycles. The molecule has 0 radical (unpaired) electrons. The molecule has 6 heteroatoms. The van der Waals surface area contributed by atoms with Crippen LogP contribution in [0.1, 0.15) is 30.7 Å². The zero-order chi connectivity index (χ0) is 13.7. The van der Waals surface area contributed by atoms with Gasteiger partial charge in [-0.15, -0.1) is 0 Å². The van der Waals surface area contributed by atoms with Crippen molar-refractivity contribution in [1.29, 1.82) is 0 Å². The number of aryl methyl sites for hydroxylation is 1. The number of aliphatic hydroxyl groups is 2. The van der Waals surface area contributed by atoms with Crippen molar-refractivity contribution in [3.05, 3.63) is 29.3 Å². The zero-order valence-corrected chi connectivity index (χ0v) is 11.1. The van der Waals surface area contributed by atoms with Crippen LogP contribution in [0.3, 0.4) is 0 Å². The fourth-order valence-corrected chi connectivity index (χ4v) is 2.17. The summed E-state index contributed by atoms with van der Waals surface area (Å²) >= 11 is 1.09. The maximum absolute atomic E-state index is 12.9. The summed E-state index contributed by atoms with van der Waals surface area (Å²) in [6.45, 7) is 3.06. The predicted molar refractivity (Wildman–Crippen MR) is 67.7 cm³/mol. The third kappa shape index (κ3) is 4.36. The Morgan fingerprint density at radius 1 is 1.56 bits per heavy atom. The van der Waals surface area contributed by atoms with Gasteiger partial charge in [0.05, 0.1) is 18.0 Å². The molecule has 2 N–H and O–H groups in total. The van der Waals surface area contributed by atoms with Crippen LogP contribution in [-0.2, 0) is 4.79 Å². The topological polar surface area (TPSA) is 70.4 Å². The summed E-state index contributed by atoms with van der Waals surface area (Å²) in [6.07, 6.45) is -0.918. The van der Waals surface area contributed by atoms with Gasteiger partial charge in [-0.1, -0.05) is 11.8 Å². The molecule has 100 valence electrons. The Morgan fingerprint density at radius 2 is 2.22 bits per heavy atom. The number of hydrogen-bond acceptors (Lipinski definition) is 5. The van der Waals surface area contributed by atoms with E-state index < -0.39 is 18.0 Å². The largest absolute Gasteiger partial charge is 0.390 e. The molecule has 18 heavy (non-hydrogen) atoms. The van der Waals surface area contributed by atoms with Crippen molar-refractivity contribution in [1.82, 2.24) is 4.98 Å². The van der Waals surface area contributed by atoms with E-state index in [-0.39, 0.29) is 17.2 Å². The maximum atomic E-state index is 12.9. The van der Waals surface area contributed by atoms with Crippen LogP contribution in [0.2, 0.25) is 0 Å². The molecular formula is C12H16FNO3S. The second-order valence-electron chi connectivity index (χ2n) is 4.00. The Balaban J connectivity index is 2.62. The first kappa shape index (κ1) is 15.1. The second kappa shape index (κ2) is 6.82. The fourth-order valence-electron chi connectivity index (χ4n) is 1.52. The van der Waals surface area contributed by atoms with Crippen LogP contribution in [0.5, 0.6) is 0 Å². The molecule has 1 aromatic rings. The van der Waals surface area contributed by atoms with E-state index in [1.807, 2.05) is 0 Å². The van der Waals surface area contributed by atoms with Crippen molar-refractivity contribution in [2.24, 2.45) is 0 Å². The molecule has 1 heterocycles. The van der Waals surface area contributed by atoms with E-state index in [4.69, 9.17) is 0 Å². The first-order valence-electron chi connectivity index (χ1n) is 5.53. The normalized spacial score (nSPS) is 14.3. The van der Waals surface area contributed by atoms with E-state index in [1.165, 1.54) is 13.0 Å². The van der Waals surface area contributed by atoms with Gasteiger partial charge in [0.1, 0.15) is 11.9 Å². The lowest BCUT2D eigenvalue weighted by molar-refractivity contribution is -0.109. The minimum Gasteiger partial charge on any atom is -0.390 e. The molecule has 4 nitrogen and oxygen atoms in total. The van der Waals surface area contributed by atoms with Gasteiger partial charge >= 0.3 is 0 Å². The Morgan fingerprint density at radius 3 is 2.78 bits per heavy atom. The molecule has 0 amide bonds.